The van der Waals surface area contributed by atoms with Crippen molar-refractivity contribution in [2.45, 2.75) is 6.92 Å². The Bertz CT molecular complexity index is 1280. The maximum atomic E-state index is 13.2. The van der Waals surface area contributed by atoms with Gasteiger partial charge < -0.3 is 10.1 Å². The number of thiophene rings is 1. The van der Waals surface area contributed by atoms with Crippen molar-refractivity contribution in [3.8, 4) is 5.69 Å². The third-order valence-electron chi connectivity index (χ3n) is 4.38. The lowest BCUT2D eigenvalue weighted by atomic mass is 10.3. The molecule has 0 aliphatic heterocycles. The minimum Gasteiger partial charge on any atom is -0.451 e. The molecule has 0 bridgehead atoms. The zero-order valence-corrected chi connectivity index (χ0v) is 18.3. The normalized spacial score (nSPS) is 11.0. The average molecular weight is 478 g/mol. The first-order valence-corrected chi connectivity index (χ1v) is 10.6. The number of hydrogen-bond donors (Lipinski definition) is 1. The Morgan fingerprint density at radius 2 is 1.84 bits per heavy atom. The lowest BCUT2D eigenvalue weighted by Crippen LogP contribution is -2.21. The summed E-state index contributed by atoms with van der Waals surface area (Å²) in [5, 5.41) is 8.30. The summed E-state index contributed by atoms with van der Waals surface area (Å²) < 4.78 is 20.0. The SMILES string of the molecule is Cc1nn(-c2ccc(F)cc2)c2sc(C(=O)OCC(=O)Nc3c(Cl)cccc3Cl)cc12. The molecule has 0 unspecified atom stereocenters. The molecule has 2 heterocycles. The Kier molecular flexibility index (Phi) is 5.95. The molecular weight excluding hydrogens is 464 g/mol. The molecule has 0 fully saturated rings. The molecule has 0 saturated heterocycles. The number of halogens is 3. The van der Waals surface area contributed by atoms with Crippen molar-refractivity contribution in [3.05, 3.63) is 75.0 Å². The lowest BCUT2D eigenvalue weighted by Gasteiger charge is -2.09. The van der Waals surface area contributed by atoms with E-state index in [1.807, 2.05) is 6.92 Å². The van der Waals surface area contributed by atoms with Crippen molar-refractivity contribution in [1.82, 2.24) is 9.78 Å². The molecule has 158 valence electrons. The van der Waals surface area contributed by atoms with E-state index in [2.05, 4.69) is 10.4 Å². The van der Waals surface area contributed by atoms with Gasteiger partial charge in [0.1, 0.15) is 15.5 Å². The van der Waals surface area contributed by atoms with Gasteiger partial charge in [-0.1, -0.05) is 29.3 Å². The van der Waals surface area contributed by atoms with Gasteiger partial charge in [0.15, 0.2) is 6.61 Å². The van der Waals surface area contributed by atoms with Crippen LogP contribution < -0.4 is 5.32 Å². The first-order chi connectivity index (χ1) is 14.8. The summed E-state index contributed by atoms with van der Waals surface area (Å²) in [5.41, 5.74) is 1.63. The fraction of sp³-hybridized carbons (Fsp3) is 0.0952. The van der Waals surface area contributed by atoms with Crippen LogP contribution in [0.4, 0.5) is 10.1 Å². The molecule has 4 aromatic rings. The second-order valence-corrected chi connectivity index (χ2v) is 8.37. The predicted molar refractivity (Wildman–Crippen MR) is 119 cm³/mol. The number of esters is 1. The van der Waals surface area contributed by atoms with E-state index >= 15 is 0 Å². The van der Waals surface area contributed by atoms with Crippen molar-refractivity contribution < 1.29 is 18.7 Å². The van der Waals surface area contributed by atoms with Crippen LogP contribution in [0.1, 0.15) is 15.4 Å². The Morgan fingerprint density at radius 3 is 2.52 bits per heavy atom. The molecule has 0 aliphatic carbocycles. The summed E-state index contributed by atoms with van der Waals surface area (Å²) in [4.78, 5) is 25.7. The molecule has 10 heteroatoms. The average Bonchev–Trinajstić information content (AvgIpc) is 3.30. The van der Waals surface area contributed by atoms with Gasteiger partial charge in [-0.3, -0.25) is 4.79 Å². The topological polar surface area (TPSA) is 73.2 Å². The van der Waals surface area contributed by atoms with Gasteiger partial charge in [-0.25, -0.2) is 13.9 Å². The summed E-state index contributed by atoms with van der Waals surface area (Å²) in [7, 11) is 0. The van der Waals surface area contributed by atoms with Crippen molar-refractivity contribution in [2.24, 2.45) is 0 Å². The third-order valence-corrected chi connectivity index (χ3v) is 6.10. The maximum Gasteiger partial charge on any atom is 0.348 e. The van der Waals surface area contributed by atoms with Gasteiger partial charge in [-0.2, -0.15) is 5.10 Å². The molecule has 0 saturated carbocycles. The maximum absolute atomic E-state index is 13.2. The van der Waals surface area contributed by atoms with Gasteiger partial charge >= 0.3 is 5.97 Å². The first kappa shape index (κ1) is 21.3. The van der Waals surface area contributed by atoms with Crippen molar-refractivity contribution >= 4 is 62.3 Å². The summed E-state index contributed by atoms with van der Waals surface area (Å²) in [6.07, 6.45) is 0. The largest absolute Gasteiger partial charge is 0.451 e. The third kappa shape index (κ3) is 4.41. The standard InChI is InChI=1S/C21H14Cl2FN3O3S/c1-11-14-9-17(31-20(14)27(26-11)13-7-5-12(24)6-8-13)21(29)30-10-18(28)25-19-15(22)3-2-4-16(19)23/h2-9H,10H2,1H3,(H,25,28). The Balaban J connectivity index is 1.49. The van der Waals surface area contributed by atoms with Crippen molar-refractivity contribution in [2.75, 3.05) is 11.9 Å². The Labute approximate surface area is 190 Å². The molecule has 0 spiro atoms. The first-order valence-electron chi connectivity index (χ1n) is 8.99. The van der Waals surface area contributed by atoms with Crippen LogP contribution in [-0.4, -0.2) is 28.3 Å². The van der Waals surface area contributed by atoms with E-state index in [-0.39, 0.29) is 21.5 Å². The van der Waals surface area contributed by atoms with Gasteiger partial charge in [-0.15, -0.1) is 11.3 Å². The van der Waals surface area contributed by atoms with E-state index in [1.54, 1.807) is 41.1 Å². The van der Waals surface area contributed by atoms with Crippen LogP contribution in [-0.2, 0) is 9.53 Å². The second kappa shape index (κ2) is 8.66. The highest BCUT2D eigenvalue weighted by atomic mass is 35.5. The lowest BCUT2D eigenvalue weighted by molar-refractivity contribution is -0.119. The number of nitrogens with one attached hydrogen (secondary N) is 1. The highest BCUT2D eigenvalue weighted by Gasteiger charge is 2.19. The van der Waals surface area contributed by atoms with Crippen LogP contribution in [0.5, 0.6) is 0 Å². The van der Waals surface area contributed by atoms with E-state index in [9.17, 15) is 14.0 Å². The minimum atomic E-state index is -0.647. The fourth-order valence-electron chi connectivity index (χ4n) is 2.90. The number of carbonyl (C=O) groups excluding carboxylic acids is 2. The Hall–Kier alpha value is -2.94. The van der Waals surface area contributed by atoms with Crippen LogP contribution >= 0.6 is 34.5 Å². The minimum absolute atomic E-state index is 0.253. The number of amides is 1. The number of benzene rings is 2. The molecule has 0 aliphatic rings. The zero-order chi connectivity index (χ0) is 22.1. The molecule has 2 aromatic carbocycles. The van der Waals surface area contributed by atoms with Crippen molar-refractivity contribution in [1.29, 1.82) is 0 Å². The van der Waals surface area contributed by atoms with E-state index < -0.39 is 18.5 Å². The van der Waals surface area contributed by atoms with Crippen LogP contribution in [0.2, 0.25) is 10.0 Å². The predicted octanol–water partition coefficient (Wildman–Crippen LogP) is 5.64. The molecule has 2 aromatic heterocycles. The van der Waals surface area contributed by atoms with Crippen LogP contribution in [0.15, 0.2) is 48.5 Å². The highest BCUT2D eigenvalue weighted by molar-refractivity contribution is 7.20. The van der Waals surface area contributed by atoms with Crippen LogP contribution in [0.25, 0.3) is 15.9 Å². The fourth-order valence-corrected chi connectivity index (χ4v) is 4.47. The number of anilines is 1. The molecule has 4 rings (SSSR count). The quantitative estimate of drug-likeness (QED) is 0.377. The van der Waals surface area contributed by atoms with Gasteiger partial charge in [-0.05, 0) is 49.4 Å². The molecule has 0 atom stereocenters. The van der Waals surface area contributed by atoms with E-state index in [4.69, 9.17) is 27.9 Å². The van der Waals surface area contributed by atoms with E-state index in [1.165, 1.54) is 23.5 Å². The van der Waals surface area contributed by atoms with Gasteiger partial charge in [0, 0.05) is 5.39 Å². The molecule has 31 heavy (non-hydrogen) atoms. The highest BCUT2D eigenvalue weighted by Crippen LogP contribution is 2.31. The number of aryl methyl sites for hydroxylation is 1. The summed E-state index contributed by atoms with van der Waals surface area (Å²) in [6, 6.07) is 12.4. The van der Waals surface area contributed by atoms with Gasteiger partial charge in [0.25, 0.3) is 5.91 Å². The number of aromatic nitrogens is 2. The molecule has 6 nitrogen and oxygen atoms in total. The molecule has 1 N–H and O–H groups in total. The number of carbonyl (C=O) groups is 2. The Morgan fingerprint density at radius 1 is 1.16 bits per heavy atom. The number of rotatable bonds is 5. The smallest absolute Gasteiger partial charge is 0.348 e. The van der Waals surface area contributed by atoms with Crippen LogP contribution in [0, 0.1) is 12.7 Å². The summed E-state index contributed by atoms with van der Waals surface area (Å²) in [6.45, 7) is 1.31. The number of ether oxygens (including phenoxy) is 1. The number of nitrogens with zero attached hydrogens (tertiary/aromatic N) is 2. The summed E-state index contributed by atoms with van der Waals surface area (Å²) >= 11 is 13.2. The van der Waals surface area contributed by atoms with E-state index in [0.29, 0.717) is 21.1 Å². The van der Waals surface area contributed by atoms with Crippen molar-refractivity contribution in [3.63, 3.8) is 0 Å². The summed E-state index contributed by atoms with van der Waals surface area (Å²) in [5.74, 6) is -1.57. The van der Waals surface area contributed by atoms with Gasteiger partial charge in [0.05, 0.1) is 27.1 Å². The monoisotopic (exact) mass is 477 g/mol. The van der Waals surface area contributed by atoms with Gasteiger partial charge in [0.2, 0.25) is 0 Å². The number of hydrogen-bond acceptors (Lipinski definition) is 5. The molecule has 0 radical (unpaired) electrons. The number of para-hydroxylation sites is 1. The van der Waals surface area contributed by atoms with Crippen LogP contribution in [0.3, 0.4) is 0 Å². The second-order valence-electron chi connectivity index (χ2n) is 6.52. The molecular formula is C21H14Cl2FN3O3S. The number of fused-ring (bicyclic) bond motifs is 1. The zero-order valence-electron chi connectivity index (χ0n) is 16.0. The van der Waals surface area contributed by atoms with E-state index in [0.717, 1.165) is 5.39 Å². The molecule has 1 amide bonds.